The van der Waals surface area contributed by atoms with Crippen molar-refractivity contribution < 1.29 is 14.2 Å². The molecule has 0 bridgehead atoms. The van der Waals surface area contributed by atoms with Gasteiger partial charge in [-0.1, -0.05) is 46.3 Å². The van der Waals surface area contributed by atoms with E-state index in [4.69, 9.17) is 19.9 Å². The third kappa shape index (κ3) is 3.95. The summed E-state index contributed by atoms with van der Waals surface area (Å²) in [6.07, 6.45) is 0. The van der Waals surface area contributed by atoms with Crippen LogP contribution in [0.1, 0.15) is 5.56 Å². The Morgan fingerprint density at radius 3 is 2.19 bits per heavy atom. The van der Waals surface area contributed by atoms with Crippen molar-refractivity contribution in [1.82, 2.24) is 9.97 Å². The number of nitrogens with zero attached hydrogens (tertiary/aromatic N) is 2. The van der Waals surface area contributed by atoms with Gasteiger partial charge in [0, 0.05) is 22.1 Å². The lowest BCUT2D eigenvalue weighted by molar-refractivity contribution is 0.347. The summed E-state index contributed by atoms with van der Waals surface area (Å²) in [6.45, 7) is 0.320. The number of ether oxygens (including phenoxy) is 3. The highest BCUT2D eigenvalue weighted by atomic mass is 79.9. The Hall–Kier alpha value is -2.64. The van der Waals surface area contributed by atoms with Gasteiger partial charge in [0.1, 0.15) is 5.75 Å². The Morgan fingerprint density at radius 1 is 0.962 bits per heavy atom. The molecule has 0 aliphatic heterocycles. The Balaban J connectivity index is 2.08. The van der Waals surface area contributed by atoms with Crippen molar-refractivity contribution in [3.63, 3.8) is 0 Å². The molecular weight excluding hydrogens is 398 g/mol. The fourth-order valence-electron chi connectivity index (χ4n) is 2.45. The average Bonchev–Trinajstić information content (AvgIpc) is 2.68. The summed E-state index contributed by atoms with van der Waals surface area (Å²) in [5.74, 6) is 1.30. The number of benzene rings is 2. The number of nitrogens with two attached hydrogens (primary N) is 1. The minimum absolute atomic E-state index is 0.125. The van der Waals surface area contributed by atoms with Crippen LogP contribution in [0.25, 0.3) is 11.1 Å². The molecule has 0 atom stereocenters. The van der Waals surface area contributed by atoms with E-state index in [0.29, 0.717) is 24.1 Å². The topological polar surface area (TPSA) is 79.5 Å². The number of para-hydroxylation sites is 1. The van der Waals surface area contributed by atoms with E-state index in [1.54, 1.807) is 6.07 Å². The van der Waals surface area contributed by atoms with Crippen LogP contribution in [0.5, 0.6) is 23.5 Å². The second-order valence-corrected chi connectivity index (χ2v) is 6.26. The molecule has 0 fully saturated rings. The highest BCUT2D eigenvalue weighted by molar-refractivity contribution is 9.10. The molecule has 134 valence electrons. The van der Waals surface area contributed by atoms with Crippen molar-refractivity contribution >= 4 is 15.9 Å². The van der Waals surface area contributed by atoms with E-state index in [2.05, 4.69) is 25.9 Å². The van der Waals surface area contributed by atoms with Crippen LogP contribution in [0.2, 0.25) is 0 Å². The van der Waals surface area contributed by atoms with E-state index in [1.165, 1.54) is 14.2 Å². The molecule has 2 N–H and O–H groups in total. The van der Waals surface area contributed by atoms with Crippen LogP contribution in [0.3, 0.4) is 0 Å². The fourth-order valence-corrected chi connectivity index (χ4v) is 2.72. The summed E-state index contributed by atoms with van der Waals surface area (Å²) >= 11 is 3.45. The molecule has 6 nitrogen and oxygen atoms in total. The number of hydrogen-bond acceptors (Lipinski definition) is 6. The highest BCUT2D eigenvalue weighted by Gasteiger charge is 2.15. The van der Waals surface area contributed by atoms with Gasteiger partial charge in [-0.3, -0.25) is 0 Å². The molecule has 0 saturated heterocycles. The second kappa shape index (κ2) is 8.16. The highest BCUT2D eigenvalue weighted by Crippen LogP contribution is 2.36. The van der Waals surface area contributed by atoms with Gasteiger partial charge < -0.3 is 19.9 Å². The minimum atomic E-state index is 0.125. The van der Waals surface area contributed by atoms with Crippen LogP contribution >= 0.6 is 15.9 Å². The molecule has 0 spiro atoms. The van der Waals surface area contributed by atoms with Crippen LogP contribution in [0, 0.1) is 0 Å². The van der Waals surface area contributed by atoms with Crippen molar-refractivity contribution in [3.8, 4) is 34.6 Å². The molecular formula is C19H18BrN3O3. The Labute approximate surface area is 160 Å². The van der Waals surface area contributed by atoms with Crippen LogP contribution in [0.15, 0.2) is 53.0 Å². The monoisotopic (exact) mass is 415 g/mol. The van der Waals surface area contributed by atoms with E-state index in [0.717, 1.165) is 21.2 Å². The molecule has 0 amide bonds. The number of aromatic nitrogens is 2. The van der Waals surface area contributed by atoms with E-state index in [-0.39, 0.29) is 6.01 Å². The molecule has 2 aromatic carbocycles. The summed E-state index contributed by atoms with van der Waals surface area (Å²) < 4.78 is 17.4. The van der Waals surface area contributed by atoms with Crippen LogP contribution in [-0.4, -0.2) is 24.2 Å². The number of methoxy groups -OCH3 is 2. The standard InChI is InChI=1S/C19H18BrN3O3/c1-24-16-10-17(25-2)23-19(22-16)26-18-13(11-21)4-3-5-15(18)12-6-8-14(20)9-7-12/h3-10H,11,21H2,1-2H3. The first-order valence-electron chi connectivity index (χ1n) is 7.87. The molecule has 7 heteroatoms. The summed E-state index contributed by atoms with van der Waals surface area (Å²) in [4.78, 5) is 8.47. The first kappa shape index (κ1) is 18.2. The van der Waals surface area contributed by atoms with Gasteiger partial charge in [0.25, 0.3) is 0 Å². The van der Waals surface area contributed by atoms with Crippen LogP contribution < -0.4 is 19.9 Å². The SMILES string of the molecule is COc1cc(OC)nc(Oc2c(CN)cccc2-c2ccc(Br)cc2)n1. The van der Waals surface area contributed by atoms with Crippen LogP contribution in [0.4, 0.5) is 0 Å². The second-order valence-electron chi connectivity index (χ2n) is 5.34. The van der Waals surface area contributed by atoms with Gasteiger partial charge in [0.15, 0.2) is 0 Å². The zero-order valence-electron chi connectivity index (χ0n) is 14.4. The molecule has 1 aromatic heterocycles. The maximum atomic E-state index is 6.03. The van der Waals surface area contributed by atoms with Gasteiger partial charge in [0.05, 0.1) is 20.3 Å². The van der Waals surface area contributed by atoms with E-state index in [1.807, 2.05) is 42.5 Å². The number of hydrogen-bond donors (Lipinski definition) is 1. The summed E-state index contributed by atoms with van der Waals surface area (Å²) in [5.41, 5.74) is 8.64. The molecule has 0 aliphatic carbocycles. The normalized spacial score (nSPS) is 10.5. The smallest absolute Gasteiger partial charge is 0.328 e. The summed E-state index contributed by atoms with van der Waals surface area (Å²) in [5, 5.41) is 0. The van der Waals surface area contributed by atoms with Gasteiger partial charge in [0.2, 0.25) is 11.8 Å². The zero-order chi connectivity index (χ0) is 18.5. The summed E-state index contributed by atoms with van der Waals surface area (Å²) in [6, 6.07) is 15.5. The molecule has 0 radical (unpaired) electrons. The quantitative estimate of drug-likeness (QED) is 0.650. The van der Waals surface area contributed by atoms with Crippen molar-refractivity contribution in [2.45, 2.75) is 6.54 Å². The fraction of sp³-hybridized carbons (Fsp3) is 0.158. The predicted octanol–water partition coefficient (Wildman–Crippen LogP) is 4.17. The Bertz CT molecular complexity index is 879. The third-order valence-electron chi connectivity index (χ3n) is 3.74. The maximum Gasteiger partial charge on any atom is 0.328 e. The molecule has 1 heterocycles. The molecule has 0 aliphatic rings. The third-order valence-corrected chi connectivity index (χ3v) is 4.27. The number of halogens is 1. The minimum Gasteiger partial charge on any atom is -0.481 e. The van der Waals surface area contributed by atoms with Gasteiger partial charge in [-0.2, -0.15) is 9.97 Å². The molecule has 3 aromatic rings. The van der Waals surface area contributed by atoms with Crippen molar-refractivity contribution in [2.24, 2.45) is 5.73 Å². The first-order valence-corrected chi connectivity index (χ1v) is 8.66. The molecule has 0 saturated carbocycles. The van der Waals surface area contributed by atoms with Crippen molar-refractivity contribution in [1.29, 1.82) is 0 Å². The van der Waals surface area contributed by atoms with Crippen LogP contribution in [-0.2, 0) is 6.54 Å². The summed E-state index contributed by atoms with van der Waals surface area (Å²) in [7, 11) is 3.04. The van der Waals surface area contributed by atoms with Crippen molar-refractivity contribution in [3.05, 3.63) is 58.6 Å². The Morgan fingerprint density at radius 2 is 1.62 bits per heavy atom. The lowest BCUT2D eigenvalue weighted by atomic mass is 10.0. The zero-order valence-corrected chi connectivity index (χ0v) is 16.0. The van der Waals surface area contributed by atoms with Gasteiger partial charge in [-0.25, -0.2) is 0 Å². The largest absolute Gasteiger partial charge is 0.481 e. The van der Waals surface area contributed by atoms with E-state index >= 15 is 0 Å². The lowest BCUT2D eigenvalue weighted by Gasteiger charge is -2.15. The van der Waals surface area contributed by atoms with Crippen molar-refractivity contribution in [2.75, 3.05) is 14.2 Å². The lowest BCUT2D eigenvalue weighted by Crippen LogP contribution is -2.03. The maximum absolute atomic E-state index is 6.03. The first-order chi connectivity index (χ1) is 12.6. The van der Waals surface area contributed by atoms with Gasteiger partial charge in [-0.15, -0.1) is 0 Å². The molecule has 26 heavy (non-hydrogen) atoms. The van der Waals surface area contributed by atoms with E-state index < -0.39 is 0 Å². The Kier molecular flexibility index (Phi) is 5.70. The van der Waals surface area contributed by atoms with Gasteiger partial charge >= 0.3 is 6.01 Å². The van der Waals surface area contributed by atoms with Gasteiger partial charge in [-0.05, 0) is 17.7 Å². The number of rotatable bonds is 6. The molecule has 0 unspecified atom stereocenters. The average molecular weight is 416 g/mol. The predicted molar refractivity (Wildman–Crippen MR) is 103 cm³/mol. The molecule has 3 rings (SSSR count). The van der Waals surface area contributed by atoms with E-state index in [9.17, 15) is 0 Å².